The predicted octanol–water partition coefficient (Wildman–Crippen LogP) is 2.36. The summed E-state index contributed by atoms with van der Waals surface area (Å²) in [4.78, 5) is 8.07. The van der Waals surface area contributed by atoms with E-state index in [2.05, 4.69) is 20.7 Å². The average molecular weight is 351 g/mol. The molecule has 2 aliphatic rings. The quantitative estimate of drug-likeness (QED) is 0.904. The number of nitrogens with zero attached hydrogens (tertiary/aromatic N) is 2. The molecule has 1 saturated heterocycles. The molecule has 0 bridgehead atoms. The van der Waals surface area contributed by atoms with Crippen LogP contribution in [-0.4, -0.2) is 44.7 Å². The second-order valence-corrected chi connectivity index (χ2v) is 8.62. The van der Waals surface area contributed by atoms with Crippen molar-refractivity contribution in [3.63, 3.8) is 0 Å². The molecule has 7 heteroatoms. The van der Waals surface area contributed by atoms with E-state index >= 15 is 0 Å². The van der Waals surface area contributed by atoms with Crippen LogP contribution in [0.3, 0.4) is 0 Å². The van der Waals surface area contributed by atoms with Gasteiger partial charge in [-0.3, -0.25) is 14.6 Å². The van der Waals surface area contributed by atoms with E-state index in [1.54, 1.807) is 24.3 Å². The number of thioether (sulfide) groups is 1. The van der Waals surface area contributed by atoms with Gasteiger partial charge in [0.1, 0.15) is 0 Å². The minimum absolute atomic E-state index is 0.265. The molecule has 0 radical (unpaired) electrons. The van der Waals surface area contributed by atoms with E-state index in [1.165, 1.54) is 24.6 Å². The standard InChI is InChI=1S/C16H21N3O2S2/c1-13-4-6-15(7-5-13)23(20,21)18-16-17-12-14(22-16)8-11-19-9-2-3-10-19/h4-8H,2-3,9-12H2,1H3,(H,17,18). The molecule has 2 heterocycles. The first-order chi connectivity index (χ1) is 11.0. The number of nitrogens with one attached hydrogen (secondary N) is 1. The fourth-order valence-corrected chi connectivity index (χ4v) is 4.65. The predicted molar refractivity (Wildman–Crippen MR) is 95.2 cm³/mol. The largest absolute Gasteiger partial charge is 0.300 e. The third kappa shape index (κ3) is 4.37. The zero-order chi connectivity index (χ0) is 16.3. The molecule has 1 aromatic rings. The average Bonchev–Trinajstić information content (AvgIpc) is 3.16. The van der Waals surface area contributed by atoms with E-state index in [-0.39, 0.29) is 4.90 Å². The van der Waals surface area contributed by atoms with E-state index in [4.69, 9.17) is 0 Å². The van der Waals surface area contributed by atoms with Crippen molar-refractivity contribution in [2.75, 3.05) is 26.2 Å². The Hall–Kier alpha value is -1.31. The summed E-state index contributed by atoms with van der Waals surface area (Å²) in [7, 11) is -3.55. The molecule has 0 aromatic heterocycles. The maximum absolute atomic E-state index is 12.3. The van der Waals surface area contributed by atoms with E-state index < -0.39 is 10.0 Å². The number of hydrogen-bond donors (Lipinski definition) is 1. The monoisotopic (exact) mass is 351 g/mol. The third-order valence-electron chi connectivity index (χ3n) is 3.94. The number of sulfonamides is 1. The van der Waals surface area contributed by atoms with Crippen molar-refractivity contribution < 1.29 is 8.42 Å². The van der Waals surface area contributed by atoms with Gasteiger partial charge in [0.15, 0.2) is 5.17 Å². The van der Waals surface area contributed by atoms with Crippen LogP contribution in [0.15, 0.2) is 45.1 Å². The first-order valence-corrected chi connectivity index (χ1v) is 10.1. The molecular formula is C16H21N3O2S2. The van der Waals surface area contributed by atoms with Crippen LogP contribution in [0, 0.1) is 6.92 Å². The number of benzene rings is 1. The van der Waals surface area contributed by atoms with Crippen molar-refractivity contribution >= 4 is 27.0 Å². The Labute approximate surface area is 141 Å². The van der Waals surface area contributed by atoms with Gasteiger partial charge in [0, 0.05) is 11.4 Å². The van der Waals surface area contributed by atoms with Gasteiger partial charge in [0.2, 0.25) is 0 Å². The number of hydrogen-bond acceptors (Lipinski definition) is 5. The highest BCUT2D eigenvalue weighted by molar-refractivity contribution is 8.18. The minimum Gasteiger partial charge on any atom is -0.300 e. The summed E-state index contributed by atoms with van der Waals surface area (Å²) in [5, 5.41) is 0.457. The molecule has 0 atom stereocenters. The molecule has 124 valence electrons. The lowest BCUT2D eigenvalue weighted by atomic mass is 10.2. The van der Waals surface area contributed by atoms with Gasteiger partial charge in [-0.25, -0.2) is 8.42 Å². The van der Waals surface area contributed by atoms with E-state index in [1.807, 2.05) is 6.92 Å². The van der Waals surface area contributed by atoms with Gasteiger partial charge in [-0.1, -0.05) is 35.5 Å². The van der Waals surface area contributed by atoms with Gasteiger partial charge in [-0.05, 0) is 45.0 Å². The highest BCUT2D eigenvalue weighted by Crippen LogP contribution is 2.25. The van der Waals surface area contributed by atoms with Crippen LogP contribution >= 0.6 is 11.8 Å². The van der Waals surface area contributed by atoms with E-state index in [0.29, 0.717) is 11.7 Å². The van der Waals surface area contributed by atoms with Gasteiger partial charge >= 0.3 is 0 Å². The van der Waals surface area contributed by atoms with Crippen LogP contribution in [-0.2, 0) is 10.0 Å². The fraction of sp³-hybridized carbons (Fsp3) is 0.438. The fourth-order valence-electron chi connectivity index (χ4n) is 2.59. The number of aryl methyl sites for hydroxylation is 1. The normalized spacial score (nSPS) is 20.9. The molecule has 2 aliphatic heterocycles. The Bertz CT molecular complexity index is 718. The van der Waals surface area contributed by atoms with Crippen molar-refractivity contribution in [2.24, 2.45) is 4.99 Å². The molecule has 0 spiro atoms. The first kappa shape index (κ1) is 16.5. The van der Waals surface area contributed by atoms with Crippen LogP contribution in [0.4, 0.5) is 0 Å². The molecule has 1 fully saturated rings. The van der Waals surface area contributed by atoms with Crippen molar-refractivity contribution in [1.29, 1.82) is 0 Å². The van der Waals surface area contributed by atoms with Crippen LogP contribution in [0.2, 0.25) is 0 Å². The van der Waals surface area contributed by atoms with Gasteiger partial charge < -0.3 is 0 Å². The Kier molecular flexibility index (Phi) is 5.08. The lowest BCUT2D eigenvalue weighted by Crippen LogP contribution is -2.27. The molecule has 1 aromatic carbocycles. The summed E-state index contributed by atoms with van der Waals surface area (Å²) < 4.78 is 27.3. The topological polar surface area (TPSA) is 61.8 Å². The lowest BCUT2D eigenvalue weighted by molar-refractivity contribution is 0.377. The van der Waals surface area contributed by atoms with Crippen LogP contribution in [0.25, 0.3) is 0 Å². The van der Waals surface area contributed by atoms with Crippen LogP contribution in [0.5, 0.6) is 0 Å². The summed E-state index contributed by atoms with van der Waals surface area (Å²) in [6, 6.07) is 6.81. The van der Waals surface area contributed by atoms with Crippen molar-refractivity contribution in [3.05, 3.63) is 40.8 Å². The Balaban J connectivity index is 1.58. The van der Waals surface area contributed by atoms with Crippen molar-refractivity contribution in [3.8, 4) is 0 Å². The molecule has 1 N–H and O–H groups in total. The number of aliphatic imine (C=N–C) groups is 1. The second-order valence-electron chi connectivity index (χ2n) is 5.82. The van der Waals surface area contributed by atoms with Gasteiger partial charge in [-0.15, -0.1) is 0 Å². The zero-order valence-corrected chi connectivity index (χ0v) is 14.8. The van der Waals surface area contributed by atoms with Crippen LogP contribution < -0.4 is 4.72 Å². The van der Waals surface area contributed by atoms with E-state index in [0.717, 1.165) is 30.1 Å². The second kappa shape index (κ2) is 7.07. The molecule has 0 unspecified atom stereocenters. The number of amidine groups is 1. The molecule has 0 aliphatic carbocycles. The SMILES string of the molecule is Cc1ccc(S(=O)(=O)NC2=NCC(=CCN3CCCC3)S2)cc1. The summed E-state index contributed by atoms with van der Waals surface area (Å²) in [6.07, 6.45) is 4.70. The van der Waals surface area contributed by atoms with E-state index in [9.17, 15) is 8.42 Å². The summed E-state index contributed by atoms with van der Waals surface area (Å²) in [5.74, 6) is 0. The Morgan fingerprint density at radius 3 is 2.65 bits per heavy atom. The van der Waals surface area contributed by atoms with Gasteiger partial charge in [-0.2, -0.15) is 0 Å². The lowest BCUT2D eigenvalue weighted by Gasteiger charge is -2.11. The molecule has 0 amide bonds. The first-order valence-electron chi connectivity index (χ1n) is 7.76. The number of likely N-dealkylation sites (tertiary alicyclic amines) is 1. The van der Waals surface area contributed by atoms with Gasteiger partial charge in [0.25, 0.3) is 10.0 Å². The van der Waals surface area contributed by atoms with Crippen molar-refractivity contribution in [2.45, 2.75) is 24.7 Å². The summed E-state index contributed by atoms with van der Waals surface area (Å²) in [5.41, 5.74) is 1.03. The van der Waals surface area contributed by atoms with Gasteiger partial charge in [0.05, 0.1) is 11.4 Å². The molecule has 5 nitrogen and oxygen atoms in total. The maximum Gasteiger partial charge on any atom is 0.263 e. The zero-order valence-electron chi connectivity index (χ0n) is 13.2. The summed E-state index contributed by atoms with van der Waals surface area (Å²) in [6.45, 7) is 5.72. The summed E-state index contributed by atoms with van der Waals surface area (Å²) >= 11 is 1.41. The maximum atomic E-state index is 12.3. The highest BCUT2D eigenvalue weighted by atomic mass is 32.2. The van der Waals surface area contributed by atoms with Crippen LogP contribution in [0.1, 0.15) is 18.4 Å². The number of rotatable bonds is 4. The van der Waals surface area contributed by atoms with Crippen molar-refractivity contribution in [1.82, 2.24) is 9.62 Å². The molecular weight excluding hydrogens is 330 g/mol. The third-order valence-corrected chi connectivity index (χ3v) is 6.40. The highest BCUT2D eigenvalue weighted by Gasteiger charge is 2.21. The Morgan fingerprint density at radius 2 is 1.96 bits per heavy atom. The minimum atomic E-state index is -3.55. The Morgan fingerprint density at radius 1 is 1.26 bits per heavy atom. The molecule has 23 heavy (non-hydrogen) atoms. The smallest absolute Gasteiger partial charge is 0.263 e. The molecule has 3 rings (SSSR count). The molecule has 0 saturated carbocycles.